The number of nitrogens with two attached hydrogens (primary N) is 1. The molecule has 0 bridgehead atoms. The van der Waals surface area contributed by atoms with E-state index in [9.17, 15) is 4.39 Å². The zero-order valence-electron chi connectivity index (χ0n) is 10.1. The Labute approximate surface area is 113 Å². The molecule has 0 unspecified atom stereocenters. The van der Waals surface area contributed by atoms with Crippen LogP contribution >= 0.6 is 15.9 Å². The number of nitrogens with one attached hydrogen (secondary N) is 1. The maximum atomic E-state index is 13.9. The number of nitrogens with zero attached hydrogens (tertiary/aromatic N) is 1. The summed E-state index contributed by atoms with van der Waals surface area (Å²) in [6, 6.07) is 5.18. The highest BCUT2D eigenvalue weighted by molar-refractivity contribution is 9.10. The first-order valence-corrected chi connectivity index (χ1v) is 6.22. The number of nitrogen functional groups attached to an aromatic ring is 1. The minimum Gasteiger partial charge on any atom is -0.397 e. The lowest BCUT2D eigenvalue weighted by Crippen LogP contribution is -2.01. The van der Waals surface area contributed by atoms with E-state index < -0.39 is 0 Å². The van der Waals surface area contributed by atoms with E-state index >= 15 is 0 Å². The quantitative estimate of drug-likeness (QED) is 0.884. The van der Waals surface area contributed by atoms with Crippen LogP contribution in [0.2, 0.25) is 0 Å². The maximum absolute atomic E-state index is 13.9. The van der Waals surface area contributed by atoms with E-state index in [1.54, 1.807) is 31.3 Å². The Kier molecular flexibility index (Phi) is 3.52. The Morgan fingerprint density at radius 2 is 2.06 bits per heavy atom. The lowest BCUT2D eigenvalue weighted by atomic mass is 10.2. The highest BCUT2D eigenvalue weighted by Gasteiger charge is 2.10. The largest absolute Gasteiger partial charge is 0.397 e. The van der Waals surface area contributed by atoms with Crippen molar-refractivity contribution in [3.63, 3.8) is 0 Å². The summed E-state index contributed by atoms with van der Waals surface area (Å²) in [5, 5.41) is 2.96. The van der Waals surface area contributed by atoms with Crippen molar-refractivity contribution in [2.24, 2.45) is 0 Å². The number of aryl methyl sites for hydroxylation is 1. The molecule has 0 radical (unpaired) electrons. The van der Waals surface area contributed by atoms with Gasteiger partial charge in [-0.1, -0.05) is 12.1 Å². The van der Waals surface area contributed by atoms with Gasteiger partial charge in [-0.25, -0.2) is 9.37 Å². The summed E-state index contributed by atoms with van der Waals surface area (Å²) in [4.78, 5) is 4.16. The minimum absolute atomic E-state index is 0.277. The summed E-state index contributed by atoms with van der Waals surface area (Å²) in [6.45, 7) is 3.59. The standard InChI is InChI=1S/C13H13BrFN3/c1-7-4-3-5-10(12(7)15)18-13-11(14)8(2)9(16)6-17-13/h3-6H,16H2,1-2H3,(H,17,18). The van der Waals surface area contributed by atoms with Gasteiger partial charge < -0.3 is 11.1 Å². The molecule has 0 saturated heterocycles. The van der Waals surface area contributed by atoms with Crippen molar-refractivity contribution >= 4 is 33.1 Å². The average molecular weight is 310 g/mol. The molecular formula is C13H13BrFN3. The summed E-state index contributed by atoms with van der Waals surface area (Å²) in [7, 11) is 0. The molecule has 2 rings (SSSR count). The van der Waals surface area contributed by atoms with E-state index in [0.29, 0.717) is 22.8 Å². The zero-order chi connectivity index (χ0) is 13.3. The number of aromatic nitrogens is 1. The van der Waals surface area contributed by atoms with Gasteiger partial charge in [0.2, 0.25) is 0 Å². The number of hydrogen-bond acceptors (Lipinski definition) is 3. The van der Waals surface area contributed by atoms with E-state index in [2.05, 4.69) is 26.2 Å². The van der Waals surface area contributed by atoms with Crippen LogP contribution in [0.5, 0.6) is 0 Å². The SMILES string of the molecule is Cc1cccc(Nc2ncc(N)c(C)c2Br)c1F. The Bertz CT molecular complexity index is 599. The van der Waals surface area contributed by atoms with Crippen LogP contribution in [0.3, 0.4) is 0 Å². The molecule has 3 N–H and O–H groups in total. The smallest absolute Gasteiger partial charge is 0.149 e. The third kappa shape index (κ3) is 2.31. The fourth-order valence-corrected chi connectivity index (χ4v) is 1.98. The predicted molar refractivity (Wildman–Crippen MR) is 75.5 cm³/mol. The van der Waals surface area contributed by atoms with Gasteiger partial charge in [-0.2, -0.15) is 0 Å². The molecule has 0 aliphatic rings. The van der Waals surface area contributed by atoms with Gasteiger partial charge in [-0.3, -0.25) is 0 Å². The van der Waals surface area contributed by atoms with Crippen LogP contribution in [0.4, 0.5) is 21.6 Å². The third-order valence-corrected chi connectivity index (χ3v) is 3.72. The molecule has 0 fully saturated rings. The second-order valence-corrected chi connectivity index (χ2v) is 4.86. The lowest BCUT2D eigenvalue weighted by molar-refractivity contribution is 0.622. The lowest BCUT2D eigenvalue weighted by Gasteiger charge is -2.12. The number of hydrogen-bond donors (Lipinski definition) is 2. The molecular weight excluding hydrogens is 297 g/mol. The van der Waals surface area contributed by atoms with Crippen LogP contribution in [0.1, 0.15) is 11.1 Å². The van der Waals surface area contributed by atoms with Crippen molar-refractivity contribution in [3.8, 4) is 0 Å². The van der Waals surface area contributed by atoms with Crippen molar-refractivity contribution in [1.29, 1.82) is 0 Å². The first-order valence-electron chi connectivity index (χ1n) is 5.43. The van der Waals surface area contributed by atoms with Gasteiger partial charge in [0.05, 0.1) is 22.0 Å². The second kappa shape index (κ2) is 4.94. The summed E-state index contributed by atoms with van der Waals surface area (Å²) in [5.74, 6) is 0.270. The molecule has 0 aliphatic heterocycles. The van der Waals surface area contributed by atoms with Crippen molar-refractivity contribution < 1.29 is 4.39 Å². The summed E-state index contributed by atoms with van der Waals surface area (Å²) in [6.07, 6.45) is 1.55. The summed E-state index contributed by atoms with van der Waals surface area (Å²) in [5.41, 5.74) is 8.19. The molecule has 1 aromatic heterocycles. The Morgan fingerprint density at radius 1 is 1.33 bits per heavy atom. The van der Waals surface area contributed by atoms with Crippen molar-refractivity contribution in [1.82, 2.24) is 4.98 Å². The molecule has 1 aromatic carbocycles. The van der Waals surface area contributed by atoms with E-state index in [1.165, 1.54) is 0 Å². The molecule has 0 spiro atoms. The van der Waals surface area contributed by atoms with E-state index in [4.69, 9.17) is 5.73 Å². The first kappa shape index (κ1) is 12.8. The topological polar surface area (TPSA) is 50.9 Å². The number of rotatable bonds is 2. The summed E-state index contributed by atoms with van der Waals surface area (Å²) >= 11 is 3.40. The van der Waals surface area contributed by atoms with Gasteiger partial charge in [0.15, 0.2) is 0 Å². The van der Waals surface area contributed by atoms with Gasteiger partial charge in [-0.05, 0) is 47.0 Å². The third-order valence-electron chi connectivity index (χ3n) is 2.75. The molecule has 5 heteroatoms. The molecule has 0 amide bonds. The highest BCUT2D eigenvalue weighted by atomic mass is 79.9. The van der Waals surface area contributed by atoms with Gasteiger partial charge in [-0.15, -0.1) is 0 Å². The van der Waals surface area contributed by atoms with Crippen molar-refractivity contribution in [3.05, 3.63) is 45.8 Å². The normalized spacial score (nSPS) is 10.4. The monoisotopic (exact) mass is 309 g/mol. The minimum atomic E-state index is -0.277. The molecule has 0 aliphatic carbocycles. The van der Waals surface area contributed by atoms with Crippen molar-refractivity contribution in [2.75, 3.05) is 11.1 Å². The maximum Gasteiger partial charge on any atom is 0.149 e. The molecule has 1 heterocycles. The highest BCUT2D eigenvalue weighted by Crippen LogP contribution is 2.30. The molecule has 0 saturated carbocycles. The van der Waals surface area contributed by atoms with Crippen LogP contribution in [0.15, 0.2) is 28.9 Å². The van der Waals surface area contributed by atoms with Crippen LogP contribution in [0.25, 0.3) is 0 Å². The van der Waals surface area contributed by atoms with Gasteiger partial charge in [0, 0.05) is 0 Å². The number of anilines is 3. The first-order chi connectivity index (χ1) is 8.50. The number of halogens is 2. The predicted octanol–water partition coefficient (Wildman–Crippen LogP) is 3.93. The van der Waals surface area contributed by atoms with E-state index in [-0.39, 0.29) is 5.82 Å². The Morgan fingerprint density at radius 3 is 2.78 bits per heavy atom. The van der Waals surface area contributed by atoms with E-state index in [0.717, 1.165) is 10.0 Å². The van der Waals surface area contributed by atoms with Crippen LogP contribution in [0, 0.1) is 19.7 Å². The summed E-state index contributed by atoms with van der Waals surface area (Å²) < 4.78 is 14.6. The molecule has 3 nitrogen and oxygen atoms in total. The van der Waals surface area contributed by atoms with Gasteiger partial charge >= 0.3 is 0 Å². The molecule has 18 heavy (non-hydrogen) atoms. The average Bonchev–Trinajstić information content (AvgIpc) is 2.35. The zero-order valence-corrected chi connectivity index (χ0v) is 11.7. The number of pyridine rings is 1. The fraction of sp³-hybridized carbons (Fsp3) is 0.154. The molecule has 0 atom stereocenters. The van der Waals surface area contributed by atoms with Gasteiger partial charge in [0.1, 0.15) is 11.6 Å². The van der Waals surface area contributed by atoms with Crippen LogP contribution < -0.4 is 11.1 Å². The van der Waals surface area contributed by atoms with Crippen molar-refractivity contribution in [2.45, 2.75) is 13.8 Å². The molecule has 94 valence electrons. The van der Waals surface area contributed by atoms with Crippen LogP contribution in [-0.4, -0.2) is 4.98 Å². The van der Waals surface area contributed by atoms with Gasteiger partial charge in [0.25, 0.3) is 0 Å². The van der Waals surface area contributed by atoms with Crippen LogP contribution in [-0.2, 0) is 0 Å². The Balaban J connectivity index is 2.41. The molecule has 2 aromatic rings. The Hall–Kier alpha value is -1.62. The fourth-order valence-electron chi connectivity index (χ4n) is 1.55. The second-order valence-electron chi connectivity index (χ2n) is 4.06. The van der Waals surface area contributed by atoms with E-state index in [1.807, 2.05) is 6.92 Å². The number of benzene rings is 1.